The maximum atomic E-state index is 13.0. The minimum atomic E-state index is -0.487. The van der Waals surface area contributed by atoms with Gasteiger partial charge in [-0.2, -0.15) is 0 Å². The van der Waals surface area contributed by atoms with Crippen molar-refractivity contribution < 1.29 is 4.79 Å². The highest BCUT2D eigenvalue weighted by Crippen LogP contribution is 2.45. The molecule has 2 aromatic rings. The smallest absolute Gasteiger partial charge is 0.257 e. The minimum Gasteiger partial charge on any atom is -0.343 e. The SMILES string of the molecule is CCCSc1nc2c(c(=O)[nH]1)C(c1ccccc1Cl)C1=C(CCCC1=O)N2. The second-order valence-electron chi connectivity index (χ2n) is 6.73. The fraction of sp³-hybridized carbons (Fsp3) is 0.350. The Labute approximate surface area is 166 Å². The number of allylic oxidation sites excluding steroid dienone is 2. The van der Waals surface area contributed by atoms with Gasteiger partial charge < -0.3 is 10.3 Å². The molecule has 1 unspecified atom stereocenters. The van der Waals surface area contributed by atoms with E-state index >= 15 is 0 Å². The molecule has 7 heteroatoms. The maximum Gasteiger partial charge on any atom is 0.257 e. The third-order valence-electron chi connectivity index (χ3n) is 4.90. The zero-order valence-electron chi connectivity index (χ0n) is 15.0. The predicted molar refractivity (Wildman–Crippen MR) is 109 cm³/mol. The Balaban J connectivity index is 1.92. The highest BCUT2D eigenvalue weighted by atomic mass is 35.5. The van der Waals surface area contributed by atoms with E-state index in [-0.39, 0.29) is 11.3 Å². The molecule has 0 fully saturated rings. The number of thioether (sulfide) groups is 1. The number of ketones is 1. The second-order valence-corrected chi connectivity index (χ2v) is 8.22. The summed E-state index contributed by atoms with van der Waals surface area (Å²) in [7, 11) is 0. The number of fused-ring (bicyclic) bond motifs is 1. The van der Waals surface area contributed by atoms with Crippen molar-refractivity contribution in [2.75, 3.05) is 11.1 Å². The molecule has 0 bridgehead atoms. The molecule has 1 aromatic heterocycles. The quantitative estimate of drug-likeness (QED) is 0.583. The third-order valence-corrected chi connectivity index (χ3v) is 6.32. The van der Waals surface area contributed by atoms with Gasteiger partial charge >= 0.3 is 0 Å². The Bertz CT molecular complexity index is 999. The minimum absolute atomic E-state index is 0.0724. The lowest BCUT2D eigenvalue weighted by molar-refractivity contribution is -0.116. The van der Waals surface area contributed by atoms with Gasteiger partial charge in [-0.3, -0.25) is 9.59 Å². The molecule has 0 saturated carbocycles. The average Bonchev–Trinajstić information content (AvgIpc) is 2.65. The van der Waals surface area contributed by atoms with E-state index < -0.39 is 5.92 Å². The van der Waals surface area contributed by atoms with Crippen LogP contribution in [0.2, 0.25) is 5.02 Å². The number of aromatic nitrogens is 2. The van der Waals surface area contributed by atoms with E-state index in [1.165, 1.54) is 11.8 Å². The summed E-state index contributed by atoms with van der Waals surface area (Å²) in [6.07, 6.45) is 3.06. The molecule has 1 aliphatic carbocycles. The Morgan fingerprint density at radius 3 is 2.85 bits per heavy atom. The number of hydrogen-bond donors (Lipinski definition) is 2. The van der Waals surface area contributed by atoms with Crippen molar-refractivity contribution in [1.29, 1.82) is 0 Å². The van der Waals surface area contributed by atoms with Crippen molar-refractivity contribution in [3.8, 4) is 0 Å². The number of carbonyl (C=O) groups is 1. The molecule has 2 heterocycles. The highest BCUT2D eigenvalue weighted by molar-refractivity contribution is 7.99. The lowest BCUT2D eigenvalue weighted by atomic mass is 9.76. The van der Waals surface area contributed by atoms with Crippen LogP contribution in [0.25, 0.3) is 0 Å². The lowest BCUT2D eigenvalue weighted by Gasteiger charge is -2.33. The van der Waals surface area contributed by atoms with Crippen LogP contribution in [0.15, 0.2) is 45.5 Å². The number of carbonyl (C=O) groups excluding carboxylic acids is 1. The van der Waals surface area contributed by atoms with E-state index in [2.05, 4.69) is 22.2 Å². The maximum absolute atomic E-state index is 13.0. The van der Waals surface area contributed by atoms with Crippen LogP contribution in [-0.2, 0) is 4.79 Å². The summed E-state index contributed by atoms with van der Waals surface area (Å²) in [5.41, 5.74) is 2.54. The number of aromatic amines is 1. The summed E-state index contributed by atoms with van der Waals surface area (Å²) < 4.78 is 0. The van der Waals surface area contributed by atoms with Crippen molar-refractivity contribution in [2.24, 2.45) is 0 Å². The first kappa shape index (κ1) is 18.3. The molecule has 0 radical (unpaired) electrons. The van der Waals surface area contributed by atoms with Gasteiger partial charge in [-0.25, -0.2) is 4.98 Å². The van der Waals surface area contributed by atoms with Gasteiger partial charge in [0.2, 0.25) is 0 Å². The number of rotatable bonds is 4. The van der Waals surface area contributed by atoms with Crippen LogP contribution in [-0.4, -0.2) is 21.5 Å². The number of nitrogens with zero attached hydrogens (tertiary/aromatic N) is 1. The molecule has 1 aromatic carbocycles. The highest BCUT2D eigenvalue weighted by Gasteiger charge is 2.38. The van der Waals surface area contributed by atoms with Gasteiger partial charge in [-0.05, 0) is 30.9 Å². The standard InChI is InChI=1S/C20H20ClN3O2S/c1-2-10-27-20-23-18-17(19(26)24-20)15(11-6-3-4-7-12(11)21)16-13(22-18)8-5-9-14(16)25/h3-4,6-7,15H,2,5,8-10H2,1H3,(H2,22,23,24,26). The topological polar surface area (TPSA) is 74.8 Å². The number of halogens is 1. The zero-order valence-corrected chi connectivity index (χ0v) is 16.5. The van der Waals surface area contributed by atoms with E-state index in [1.54, 1.807) is 6.07 Å². The van der Waals surface area contributed by atoms with Crippen LogP contribution in [0.5, 0.6) is 0 Å². The van der Waals surface area contributed by atoms with Crippen molar-refractivity contribution >= 4 is 35.0 Å². The number of benzene rings is 1. The second kappa shape index (κ2) is 7.52. The first-order valence-corrected chi connectivity index (χ1v) is 10.5. The fourth-order valence-electron chi connectivity index (χ4n) is 3.73. The zero-order chi connectivity index (χ0) is 19.0. The van der Waals surface area contributed by atoms with Crippen LogP contribution in [0, 0.1) is 0 Å². The molecular weight excluding hydrogens is 382 g/mol. The molecule has 0 spiro atoms. The molecule has 4 rings (SSSR count). The van der Waals surface area contributed by atoms with Crippen LogP contribution in [0.4, 0.5) is 5.82 Å². The predicted octanol–water partition coefficient (Wildman–Crippen LogP) is 4.49. The van der Waals surface area contributed by atoms with E-state index in [4.69, 9.17) is 11.6 Å². The molecule has 5 nitrogen and oxygen atoms in total. The molecule has 2 aliphatic rings. The molecule has 27 heavy (non-hydrogen) atoms. The molecule has 0 amide bonds. The summed E-state index contributed by atoms with van der Waals surface area (Å²) in [5.74, 6) is 1.00. The van der Waals surface area contributed by atoms with Gasteiger partial charge in [0.1, 0.15) is 5.82 Å². The Morgan fingerprint density at radius 2 is 2.07 bits per heavy atom. The summed E-state index contributed by atoms with van der Waals surface area (Å²) in [4.78, 5) is 33.3. The van der Waals surface area contributed by atoms with Gasteiger partial charge in [0.15, 0.2) is 10.9 Å². The Morgan fingerprint density at radius 1 is 1.26 bits per heavy atom. The molecule has 140 valence electrons. The van der Waals surface area contributed by atoms with Crippen LogP contribution in [0.1, 0.15) is 49.7 Å². The normalized spacial score (nSPS) is 18.7. The van der Waals surface area contributed by atoms with Gasteiger partial charge in [0, 0.05) is 34.4 Å². The molecule has 1 aliphatic heterocycles. The first-order valence-electron chi connectivity index (χ1n) is 9.14. The molecular formula is C20H20ClN3O2S. The van der Waals surface area contributed by atoms with Gasteiger partial charge in [0.05, 0.1) is 5.56 Å². The third kappa shape index (κ3) is 3.32. The van der Waals surface area contributed by atoms with Crippen molar-refractivity contribution in [3.05, 3.63) is 62.0 Å². The molecule has 2 N–H and O–H groups in total. The average molecular weight is 402 g/mol. The lowest BCUT2D eigenvalue weighted by Crippen LogP contribution is -2.32. The van der Waals surface area contributed by atoms with E-state index in [1.807, 2.05) is 18.2 Å². The summed E-state index contributed by atoms with van der Waals surface area (Å²) in [6, 6.07) is 7.40. The number of hydrogen-bond acceptors (Lipinski definition) is 5. The summed E-state index contributed by atoms with van der Waals surface area (Å²) in [5, 5.41) is 4.42. The fourth-order valence-corrected chi connectivity index (χ4v) is 4.69. The molecule has 1 atom stereocenters. The van der Waals surface area contributed by atoms with Gasteiger partial charge in [0.25, 0.3) is 5.56 Å². The Hall–Kier alpha value is -2.05. The molecule has 0 saturated heterocycles. The van der Waals surface area contributed by atoms with Crippen molar-refractivity contribution in [3.63, 3.8) is 0 Å². The number of nitrogens with one attached hydrogen (secondary N) is 2. The van der Waals surface area contributed by atoms with Crippen LogP contribution < -0.4 is 10.9 Å². The first-order chi connectivity index (χ1) is 13.1. The van der Waals surface area contributed by atoms with Crippen LogP contribution in [0.3, 0.4) is 0 Å². The summed E-state index contributed by atoms with van der Waals surface area (Å²) >= 11 is 7.99. The number of H-pyrrole nitrogens is 1. The monoisotopic (exact) mass is 401 g/mol. The number of Topliss-reactive ketones (excluding diaryl/α,β-unsaturated/α-hetero) is 1. The largest absolute Gasteiger partial charge is 0.343 e. The van der Waals surface area contributed by atoms with Gasteiger partial charge in [-0.15, -0.1) is 0 Å². The Kier molecular flexibility index (Phi) is 5.10. The van der Waals surface area contributed by atoms with E-state index in [0.717, 1.165) is 36.3 Å². The van der Waals surface area contributed by atoms with Crippen LogP contribution >= 0.6 is 23.4 Å². The van der Waals surface area contributed by atoms with E-state index in [9.17, 15) is 9.59 Å². The van der Waals surface area contributed by atoms with E-state index in [0.29, 0.717) is 33.6 Å². The number of anilines is 1. The van der Waals surface area contributed by atoms with Crippen molar-refractivity contribution in [2.45, 2.75) is 43.7 Å². The van der Waals surface area contributed by atoms with Crippen molar-refractivity contribution in [1.82, 2.24) is 9.97 Å². The van der Waals surface area contributed by atoms with Gasteiger partial charge in [-0.1, -0.05) is 48.5 Å². The summed E-state index contributed by atoms with van der Waals surface area (Å²) in [6.45, 7) is 2.08.